The molecule has 33 heavy (non-hydrogen) atoms. The van der Waals surface area contributed by atoms with Crippen molar-refractivity contribution >= 4 is 28.7 Å². The number of ether oxygens (including phenoxy) is 1. The van der Waals surface area contributed by atoms with E-state index in [1.165, 1.54) is 0 Å². The minimum absolute atomic E-state index is 0.261. The molecule has 8 heteroatoms. The first-order chi connectivity index (χ1) is 16.0. The van der Waals surface area contributed by atoms with E-state index in [0.29, 0.717) is 30.4 Å². The Bertz CT molecular complexity index is 1280. The van der Waals surface area contributed by atoms with Gasteiger partial charge in [0.15, 0.2) is 0 Å². The van der Waals surface area contributed by atoms with Crippen molar-refractivity contribution in [2.45, 2.75) is 20.3 Å². The van der Waals surface area contributed by atoms with Crippen LogP contribution in [0.1, 0.15) is 27.3 Å². The number of hydrogen-bond donors (Lipinski definition) is 3. The highest BCUT2D eigenvalue weighted by molar-refractivity contribution is 6.09. The largest absolute Gasteiger partial charge is 0.497 e. The number of benzene rings is 2. The topological polar surface area (TPSA) is 104 Å². The van der Waals surface area contributed by atoms with Gasteiger partial charge in [0.2, 0.25) is 11.9 Å². The number of aromatic amines is 1. The van der Waals surface area contributed by atoms with E-state index in [1.807, 2.05) is 62.5 Å². The molecule has 0 bridgehead atoms. The van der Waals surface area contributed by atoms with E-state index < -0.39 is 0 Å². The van der Waals surface area contributed by atoms with Crippen molar-refractivity contribution in [2.75, 3.05) is 19.0 Å². The van der Waals surface area contributed by atoms with Crippen LogP contribution in [0.15, 0.2) is 65.8 Å². The van der Waals surface area contributed by atoms with E-state index >= 15 is 0 Å². The highest BCUT2D eigenvalue weighted by Crippen LogP contribution is 2.24. The van der Waals surface area contributed by atoms with Crippen molar-refractivity contribution in [1.82, 2.24) is 20.3 Å². The van der Waals surface area contributed by atoms with Gasteiger partial charge in [-0.1, -0.05) is 18.2 Å². The highest BCUT2D eigenvalue weighted by Gasteiger charge is 2.11. The number of aryl methyl sites for hydroxylation is 2. The Hall–Kier alpha value is -4.20. The van der Waals surface area contributed by atoms with Gasteiger partial charge < -0.3 is 9.72 Å². The van der Waals surface area contributed by atoms with Gasteiger partial charge in [0.25, 0.3) is 5.91 Å². The molecule has 0 aliphatic heterocycles. The van der Waals surface area contributed by atoms with Crippen LogP contribution in [-0.4, -0.2) is 40.5 Å². The van der Waals surface area contributed by atoms with Crippen molar-refractivity contribution < 1.29 is 9.53 Å². The summed E-state index contributed by atoms with van der Waals surface area (Å²) in [5, 5.41) is 7.00. The molecule has 0 saturated carbocycles. The van der Waals surface area contributed by atoms with E-state index in [0.717, 1.165) is 33.6 Å². The Balaban J connectivity index is 1.54. The second-order valence-corrected chi connectivity index (χ2v) is 7.63. The number of carbonyl (C=O) groups is 1. The fourth-order valence-corrected chi connectivity index (χ4v) is 3.55. The predicted molar refractivity (Wildman–Crippen MR) is 130 cm³/mol. The smallest absolute Gasteiger partial charge is 0.257 e. The number of aromatic nitrogens is 3. The molecule has 0 saturated heterocycles. The second-order valence-electron chi connectivity index (χ2n) is 7.63. The summed E-state index contributed by atoms with van der Waals surface area (Å²) in [5.74, 6) is 1.22. The number of carbonyl (C=O) groups excluding carboxylic acids is 1. The van der Waals surface area contributed by atoms with Crippen LogP contribution in [0.3, 0.4) is 0 Å². The Morgan fingerprint density at radius 3 is 2.55 bits per heavy atom. The predicted octanol–water partition coefficient (Wildman–Crippen LogP) is 4.02. The number of rotatable bonds is 6. The van der Waals surface area contributed by atoms with Crippen LogP contribution in [0.4, 0.5) is 5.95 Å². The number of nitrogens with zero attached hydrogens (tertiary/aromatic N) is 3. The molecule has 2 aromatic heterocycles. The number of H-pyrrole nitrogens is 1. The number of fused-ring (bicyclic) bond motifs is 1. The van der Waals surface area contributed by atoms with Gasteiger partial charge in [0.1, 0.15) is 5.75 Å². The Morgan fingerprint density at radius 1 is 1.06 bits per heavy atom. The fourth-order valence-electron chi connectivity index (χ4n) is 3.55. The zero-order valence-electron chi connectivity index (χ0n) is 18.8. The van der Waals surface area contributed by atoms with Crippen molar-refractivity contribution in [3.8, 4) is 5.75 Å². The molecule has 3 N–H and O–H groups in total. The van der Waals surface area contributed by atoms with Gasteiger partial charge >= 0.3 is 0 Å². The van der Waals surface area contributed by atoms with Gasteiger partial charge in [-0.3, -0.25) is 20.4 Å². The highest BCUT2D eigenvalue weighted by atomic mass is 16.5. The molecule has 0 fully saturated rings. The van der Waals surface area contributed by atoms with E-state index in [4.69, 9.17) is 4.74 Å². The average molecular weight is 443 g/mol. The van der Waals surface area contributed by atoms with E-state index in [1.54, 1.807) is 19.2 Å². The quantitative estimate of drug-likeness (QED) is 0.309. The van der Waals surface area contributed by atoms with Gasteiger partial charge in [0.05, 0.1) is 7.11 Å². The molecule has 2 aromatic carbocycles. The number of anilines is 1. The van der Waals surface area contributed by atoms with Crippen molar-refractivity contribution in [3.63, 3.8) is 0 Å². The van der Waals surface area contributed by atoms with Crippen LogP contribution in [0.2, 0.25) is 0 Å². The summed E-state index contributed by atoms with van der Waals surface area (Å²) in [6, 6.07) is 16.8. The normalized spacial score (nSPS) is 11.4. The molecule has 0 atom stereocenters. The van der Waals surface area contributed by atoms with Crippen LogP contribution in [0.5, 0.6) is 5.75 Å². The monoisotopic (exact) mass is 442 g/mol. The molecule has 0 aliphatic carbocycles. The SMILES string of the molecule is COc1ccc2[nH]cc(CCN=C(NC(=O)c3ccccc3)Nc3nc(C)cc(C)n3)c2c1. The van der Waals surface area contributed by atoms with Crippen molar-refractivity contribution in [1.29, 1.82) is 0 Å². The molecule has 2 heterocycles. The van der Waals surface area contributed by atoms with Gasteiger partial charge in [-0.15, -0.1) is 0 Å². The molecule has 0 unspecified atom stereocenters. The lowest BCUT2D eigenvalue weighted by Crippen LogP contribution is -2.36. The van der Waals surface area contributed by atoms with E-state index in [9.17, 15) is 4.79 Å². The maximum Gasteiger partial charge on any atom is 0.257 e. The Labute approximate surface area is 192 Å². The van der Waals surface area contributed by atoms with Crippen molar-refractivity contribution in [3.05, 3.63) is 83.3 Å². The van der Waals surface area contributed by atoms with E-state index in [-0.39, 0.29) is 5.91 Å². The third-order valence-corrected chi connectivity index (χ3v) is 5.11. The summed E-state index contributed by atoms with van der Waals surface area (Å²) in [6.45, 7) is 4.24. The van der Waals surface area contributed by atoms with Crippen LogP contribution in [-0.2, 0) is 6.42 Å². The summed E-state index contributed by atoms with van der Waals surface area (Å²) in [5.41, 5.74) is 4.34. The molecule has 168 valence electrons. The average Bonchev–Trinajstić information content (AvgIpc) is 3.21. The minimum atomic E-state index is -0.261. The molecular weight excluding hydrogens is 416 g/mol. The first-order valence-corrected chi connectivity index (χ1v) is 10.7. The van der Waals surface area contributed by atoms with Crippen molar-refractivity contribution in [2.24, 2.45) is 4.99 Å². The molecule has 1 amide bonds. The minimum Gasteiger partial charge on any atom is -0.497 e. The van der Waals surface area contributed by atoms with Crippen LogP contribution in [0, 0.1) is 13.8 Å². The molecule has 4 rings (SSSR count). The first kappa shape index (κ1) is 22.0. The zero-order chi connectivity index (χ0) is 23.2. The molecular formula is C25H26N6O2. The van der Waals surface area contributed by atoms with Gasteiger partial charge in [-0.25, -0.2) is 9.97 Å². The van der Waals surface area contributed by atoms with E-state index in [2.05, 4.69) is 30.6 Å². The fraction of sp³-hybridized carbons (Fsp3) is 0.200. The standard InChI is InChI=1S/C25H26N6O2/c1-16-13-17(2)29-25(28-16)31-24(30-23(32)18-7-5-4-6-8-18)26-12-11-19-15-27-22-10-9-20(33-3)14-21(19)22/h4-10,13-15,27H,11-12H2,1-3H3,(H2,26,28,29,30,31,32). The molecule has 0 radical (unpaired) electrons. The van der Waals surface area contributed by atoms with Crippen LogP contribution < -0.4 is 15.4 Å². The summed E-state index contributed by atoms with van der Waals surface area (Å²) in [4.78, 5) is 29.4. The summed E-state index contributed by atoms with van der Waals surface area (Å²) in [6.07, 6.45) is 2.65. The third kappa shape index (κ3) is 5.54. The lowest BCUT2D eigenvalue weighted by molar-refractivity contribution is 0.0977. The summed E-state index contributed by atoms with van der Waals surface area (Å²) >= 11 is 0. The lowest BCUT2D eigenvalue weighted by atomic mass is 10.1. The number of hydrogen-bond acceptors (Lipinski definition) is 5. The second kappa shape index (κ2) is 9.95. The Morgan fingerprint density at radius 2 is 1.82 bits per heavy atom. The molecule has 0 aliphatic rings. The van der Waals surface area contributed by atoms with Crippen LogP contribution in [0.25, 0.3) is 10.9 Å². The number of guanidine groups is 1. The maximum atomic E-state index is 12.7. The number of aliphatic imine (C=N–C) groups is 1. The third-order valence-electron chi connectivity index (χ3n) is 5.11. The zero-order valence-corrected chi connectivity index (χ0v) is 18.8. The molecule has 0 spiro atoms. The van der Waals surface area contributed by atoms with Crippen LogP contribution >= 0.6 is 0 Å². The summed E-state index contributed by atoms with van der Waals surface area (Å²) in [7, 11) is 1.65. The van der Waals surface area contributed by atoms with Gasteiger partial charge in [0, 0.05) is 40.6 Å². The number of nitrogens with one attached hydrogen (secondary N) is 3. The summed E-state index contributed by atoms with van der Waals surface area (Å²) < 4.78 is 5.35. The first-order valence-electron chi connectivity index (χ1n) is 10.7. The maximum absolute atomic E-state index is 12.7. The lowest BCUT2D eigenvalue weighted by Gasteiger charge is -2.11. The molecule has 4 aromatic rings. The number of amides is 1. The molecule has 8 nitrogen and oxygen atoms in total. The Kier molecular flexibility index (Phi) is 6.64. The van der Waals surface area contributed by atoms with Gasteiger partial charge in [-0.2, -0.15) is 0 Å². The van der Waals surface area contributed by atoms with Gasteiger partial charge in [-0.05, 0) is 62.2 Å². The number of methoxy groups -OCH3 is 1.